The van der Waals surface area contributed by atoms with E-state index in [2.05, 4.69) is 0 Å². The van der Waals surface area contributed by atoms with Crippen LogP contribution < -0.4 is 0 Å². The third-order valence-corrected chi connectivity index (χ3v) is 22.3. The van der Waals surface area contributed by atoms with Crippen LogP contribution >= 0.6 is 0 Å². The third-order valence-electron chi connectivity index (χ3n) is 22.3. The first-order valence-electron chi connectivity index (χ1n) is 37.1. The van der Waals surface area contributed by atoms with Gasteiger partial charge < -0.3 is 93.3 Å². The summed E-state index contributed by atoms with van der Waals surface area (Å²) in [6, 6.07) is 0. The van der Waals surface area contributed by atoms with E-state index in [0.717, 1.165) is 12.8 Å². The number of aliphatic hydroxyl groups excluding tert-OH is 9. The summed E-state index contributed by atoms with van der Waals surface area (Å²) in [6.45, 7) is 22.1. The van der Waals surface area contributed by atoms with Crippen LogP contribution in [0.3, 0.4) is 0 Å². The van der Waals surface area contributed by atoms with Crippen molar-refractivity contribution in [3.05, 3.63) is 71.9 Å². The molecule has 0 aromatic rings. The van der Waals surface area contributed by atoms with Gasteiger partial charge in [-0.05, 0) is 117 Å². The van der Waals surface area contributed by atoms with Crippen molar-refractivity contribution < 1.29 is 103 Å². The van der Waals surface area contributed by atoms with Gasteiger partial charge in [0.1, 0.15) is 12.2 Å². The maximum absolute atomic E-state index is 13.9. The van der Waals surface area contributed by atoms with E-state index in [-0.39, 0.29) is 93.6 Å². The molecule has 9 N–H and O–H groups in total. The molecular formula is C78H132O21. The molecule has 0 aromatic carbocycles. The zero-order chi connectivity index (χ0) is 73.4. The monoisotopic (exact) mass is 1400 g/mol. The number of rotatable bonds is 16. The minimum atomic E-state index is -1.22. The molecule has 0 aromatic heterocycles. The van der Waals surface area contributed by atoms with E-state index in [9.17, 15) is 55.5 Å². The van der Waals surface area contributed by atoms with Crippen molar-refractivity contribution in [1.29, 1.82) is 0 Å². The van der Waals surface area contributed by atoms with Gasteiger partial charge in [-0.15, -0.1) is 0 Å². The minimum absolute atomic E-state index is 0.0334. The summed E-state index contributed by atoms with van der Waals surface area (Å²) in [5.74, 6) is -6.08. The molecule has 5 aliphatic heterocycles. The highest BCUT2D eigenvalue weighted by molar-refractivity contribution is 5.83. The molecule has 0 aliphatic carbocycles. The van der Waals surface area contributed by atoms with E-state index in [1.807, 2.05) is 78.8 Å². The average Bonchev–Trinajstić information content (AvgIpc) is 0.855. The molecule has 5 rings (SSSR count). The lowest BCUT2D eigenvalue weighted by molar-refractivity contribution is -0.160. The first-order valence-corrected chi connectivity index (χ1v) is 37.1. The maximum atomic E-state index is 13.9. The van der Waals surface area contributed by atoms with Gasteiger partial charge in [-0.25, -0.2) is 9.59 Å². The average molecular weight is 1410 g/mol. The van der Waals surface area contributed by atoms with Crippen molar-refractivity contribution in [3.8, 4) is 0 Å². The van der Waals surface area contributed by atoms with Crippen molar-refractivity contribution in [2.45, 2.75) is 333 Å². The number of allylic oxidation sites excluding steroid dienone is 4. The number of aliphatic hydroxyl groups is 9. The number of carbonyl (C=O) groups excluding carboxylic acids is 2. The number of esters is 2. The van der Waals surface area contributed by atoms with Gasteiger partial charge in [0.25, 0.3) is 0 Å². The molecule has 570 valence electrons. The third kappa shape index (κ3) is 28.3. The zero-order valence-corrected chi connectivity index (χ0v) is 62.6. The number of fused-ring (bicyclic) bond motifs is 4. The van der Waals surface area contributed by atoms with Gasteiger partial charge in [-0.2, -0.15) is 0 Å². The minimum Gasteiger partial charge on any atom is -0.458 e. The van der Waals surface area contributed by atoms with Crippen LogP contribution in [0.5, 0.6) is 0 Å². The van der Waals surface area contributed by atoms with Crippen molar-refractivity contribution in [2.24, 2.45) is 47.3 Å². The molecule has 99 heavy (non-hydrogen) atoms. The molecule has 0 radical (unpaired) electrons. The van der Waals surface area contributed by atoms with Crippen molar-refractivity contribution in [2.75, 3.05) is 28.4 Å². The van der Waals surface area contributed by atoms with Crippen LogP contribution in [-0.4, -0.2) is 227 Å². The zero-order valence-electron chi connectivity index (χ0n) is 62.6. The van der Waals surface area contributed by atoms with Gasteiger partial charge in [0.05, 0.1) is 128 Å². The Hall–Kier alpha value is -3.30. The van der Waals surface area contributed by atoms with Crippen LogP contribution in [0, 0.1) is 47.3 Å². The fraction of sp³-hybridized carbons (Fsp3) is 0.821. The highest BCUT2D eigenvalue weighted by Crippen LogP contribution is 2.37. The molecule has 0 saturated carbocycles. The van der Waals surface area contributed by atoms with E-state index >= 15 is 0 Å². The van der Waals surface area contributed by atoms with Crippen LogP contribution in [0.2, 0.25) is 0 Å². The van der Waals surface area contributed by atoms with E-state index in [1.54, 1.807) is 81.3 Å². The highest BCUT2D eigenvalue weighted by atomic mass is 16.6. The van der Waals surface area contributed by atoms with Crippen molar-refractivity contribution in [3.63, 3.8) is 0 Å². The lowest BCUT2D eigenvalue weighted by Crippen LogP contribution is -2.47. The van der Waals surface area contributed by atoms with Crippen molar-refractivity contribution in [1.82, 2.24) is 0 Å². The largest absolute Gasteiger partial charge is 0.458 e. The number of cyclic esters (lactones) is 2. The molecule has 2 saturated heterocycles. The fourth-order valence-corrected chi connectivity index (χ4v) is 15.4. The van der Waals surface area contributed by atoms with Crippen molar-refractivity contribution >= 4 is 11.9 Å². The van der Waals surface area contributed by atoms with Gasteiger partial charge in [0, 0.05) is 108 Å². The first-order chi connectivity index (χ1) is 46.8. The molecule has 31 atom stereocenters. The summed E-state index contributed by atoms with van der Waals surface area (Å²) < 4.78 is 61.1. The number of carbonyl (C=O) groups is 2. The van der Waals surface area contributed by atoms with Gasteiger partial charge >= 0.3 is 11.9 Å². The van der Waals surface area contributed by atoms with Crippen LogP contribution in [0.15, 0.2) is 71.9 Å². The summed E-state index contributed by atoms with van der Waals surface area (Å²) >= 11 is 0. The van der Waals surface area contributed by atoms with Gasteiger partial charge in [-0.3, -0.25) is 0 Å². The number of ether oxygens (including phenoxy) is 10. The molecule has 5 aliphatic rings. The second kappa shape index (κ2) is 43.2. The summed E-state index contributed by atoms with van der Waals surface area (Å²) in [7, 11) is 6.48. The molecule has 21 nitrogen and oxygen atoms in total. The molecule has 0 amide bonds. The highest BCUT2D eigenvalue weighted by Gasteiger charge is 2.43. The molecule has 2 fully saturated rings. The Morgan fingerprint density at radius 3 is 1.32 bits per heavy atom. The van der Waals surface area contributed by atoms with Crippen LogP contribution in [0.1, 0.15) is 192 Å². The second-order valence-corrected chi connectivity index (χ2v) is 30.5. The molecule has 4 bridgehead atoms. The normalized spacial score (nSPS) is 41.1. The summed E-state index contributed by atoms with van der Waals surface area (Å²) in [5, 5.41) is 106. The molecule has 0 unspecified atom stereocenters. The lowest BCUT2D eigenvalue weighted by atomic mass is 9.78. The smallest absolute Gasteiger partial charge is 0.331 e. The van der Waals surface area contributed by atoms with Crippen LogP contribution in [0.4, 0.5) is 0 Å². The Labute approximate surface area is 592 Å². The van der Waals surface area contributed by atoms with Gasteiger partial charge in [-0.1, -0.05) is 115 Å². The number of hydrogen-bond donors (Lipinski definition) is 9. The van der Waals surface area contributed by atoms with E-state index in [1.165, 1.54) is 12.2 Å². The Morgan fingerprint density at radius 2 is 0.889 bits per heavy atom. The van der Waals surface area contributed by atoms with Crippen LogP contribution in [0.25, 0.3) is 0 Å². The summed E-state index contributed by atoms with van der Waals surface area (Å²) in [4.78, 5) is 27.8. The Morgan fingerprint density at radius 1 is 0.475 bits per heavy atom. The quantitative estimate of drug-likeness (QED) is 0.0514. The van der Waals surface area contributed by atoms with E-state index < -0.39 is 151 Å². The number of hydrogen-bond acceptors (Lipinski definition) is 21. The molecule has 0 spiro atoms. The summed E-state index contributed by atoms with van der Waals surface area (Å²) in [6.07, 6.45) is 9.95. The standard InChI is InChI=1S/C78H132O21/c1-44-23-28-56(79)36-58-20-18-22-61(97-58)40-71(93-16)51(8)66(82)43-68(84)53(10)78(55(12)76(89)47(4)33-69(85)72-41-64(91-14)35-49(6)95-72)99-74(87)32-26-45(2)24-29-57(80)37-59-19-17-21-60(96-59)39-70(92-15)50(7)65(81)42-67(83)52(9)77(98-73(86)31-25-44)54(11)75(88)46(3)27-30-62-38-63(90-13)34-48(5)94-62/h17-20,23-26,31-32,46-72,75-85,88-89H,21-22,27-30,33-43H2,1-16H3/b31-25+,32-26+,44-23+,45-24+/t46-,47-,48-,49-,50-,51-,52-,53-,54-,55-,56-,57-,58-,59-,60-,61-,62-,63+,64+,65-,66-,67+,68+,69+,70-,71-,72+,75-,76-,77-,78-/m0/s1. The molecular weight excluding hydrogens is 1270 g/mol. The molecule has 21 heteroatoms. The van der Waals surface area contributed by atoms with Crippen LogP contribution in [-0.2, 0) is 57.0 Å². The Kier molecular flexibility index (Phi) is 37.7. The van der Waals surface area contributed by atoms with E-state index in [4.69, 9.17) is 47.4 Å². The summed E-state index contributed by atoms with van der Waals surface area (Å²) in [5.41, 5.74) is 1.35. The first kappa shape index (κ1) is 86.3. The lowest BCUT2D eigenvalue weighted by Gasteiger charge is -2.39. The maximum Gasteiger partial charge on any atom is 0.331 e. The fourth-order valence-electron chi connectivity index (χ4n) is 15.4. The Bertz CT molecular complexity index is 2520. The topological polar surface area (TPSA) is 309 Å². The van der Waals surface area contributed by atoms with Gasteiger partial charge in [0.15, 0.2) is 0 Å². The Balaban J connectivity index is 1.37. The predicted octanol–water partition coefficient (Wildman–Crippen LogP) is 9.08. The SMILES string of the molecule is CO[C@@H]1C[C@H](C)O[C@@H]([C@H](O)C[C@H](C)[C@H](O)[C@H](C)[C@H]2OC(=O)/C=C/C(C)=C/C[C@H](O)C[C@@H]3C=CC[C@@H](C[C@H](OC)[C@@H](C)[C@@H](O)C[C@@H](O)[C@H](C)[C@@H]([C@@H](C)[C@@H](O)[C@@H](C)CC[C@H]4C[C@H](OC)C[C@H](C)O4)OC(=O)/C=C/C(C)=C/C[C@H](O)C[C@@H]4C=CC[C@@H](C[C@H](OC)[C@@H](C)[C@@H](O)C[C@@H](O)[C@@H]2C)O4)O3)C1. The van der Waals surface area contributed by atoms with E-state index in [0.29, 0.717) is 62.5 Å². The second-order valence-electron chi connectivity index (χ2n) is 30.5. The van der Waals surface area contributed by atoms with Gasteiger partial charge in [0.2, 0.25) is 0 Å². The molecule has 5 heterocycles. The predicted molar refractivity (Wildman–Crippen MR) is 379 cm³/mol. The number of methoxy groups -OCH3 is 4.